The predicted octanol–water partition coefficient (Wildman–Crippen LogP) is 2.56. The molecular weight excluding hydrogens is 360 g/mol. The second-order valence-electron chi connectivity index (χ2n) is 6.47. The first-order valence-corrected chi connectivity index (χ1v) is 8.82. The SMILES string of the molecule is COC(=O)C1=C(C(=O)OC)N(c2cccc(C(=O)NCC(C)C)c2)C=CC=C1. The van der Waals surface area contributed by atoms with Gasteiger partial charge in [-0.15, -0.1) is 0 Å². The first kappa shape index (κ1) is 21.0. The maximum atomic E-state index is 12.5. The number of amides is 1. The van der Waals surface area contributed by atoms with Crippen molar-refractivity contribution in [3.8, 4) is 0 Å². The molecule has 0 aliphatic carbocycles. The van der Waals surface area contributed by atoms with Gasteiger partial charge in [0.15, 0.2) is 0 Å². The van der Waals surface area contributed by atoms with Crippen LogP contribution in [0, 0.1) is 5.92 Å². The molecule has 1 N–H and O–H groups in total. The Morgan fingerprint density at radius 1 is 1.07 bits per heavy atom. The number of hydrogen-bond acceptors (Lipinski definition) is 6. The zero-order chi connectivity index (χ0) is 20.7. The number of carbonyl (C=O) groups is 3. The van der Waals surface area contributed by atoms with Gasteiger partial charge in [0.1, 0.15) is 5.70 Å². The maximum absolute atomic E-state index is 12.5. The highest BCUT2D eigenvalue weighted by Crippen LogP contribution is 2.27. The minimum Gasteiger partial charge on any atom is -0.465 e. The van der Waals surface area contributed by atoms with Gasteiger partial charge in [0.05, 0.1) is 19.8 Å². The van der Waals surface area contributed by atoms with Gasteiger partial charge in [-0.05, 0) is 36.3 Å². The van der Waals surface area contributed by atoms with E-state index in [4.69, 9.17) is 9.47 Å². The highest BCUT2D eigenvalue weighted by Gasteiger charge is 2.27. The molecule has 0 saturated carbocycles. The van der Waals surface area contributed by atoms with Gasteiger partial charge in [-0.1, -0.05) is 26.0 Å². The largest absolute Gasteiger partial charge is 0.465 e. The van der Waals surface area contributed by atoms with Crippen molar-refractivity contribution in [1.82, 2.24) is 5.32 Å². The van der Waals surface area contributed by atoms with Crippen LogP contribution in [0.2, 0.25) is 0 Å². The van der Waals surface area contributed by atoms with E-state index in [0.29, 0.717) is 23.7 Å². The summed E-state index contributed by atoms with van der Waals surface area (Å²) >= 11 is 0. The zero-order valence-electron chi connectivity index (χ0n) is 16.4. The van der Waals surface area contributed by atoms with Crippen molar-refractivity contribution in [3.63, 3.8) is 0 Å². The van der Waals surface area contributed by atoms with Crippen molar-refractivity contribution in [2.75, 3.05) is 25.7 Å². The average Bonchev–Trinajstić information content (AvgIpc) is 2.93. The molecule has 1 aliphatic heterocycles. The number of ether oxygens (including phenoxy) is 2. The van der Waals surface area contributed by atoms with Crippen molar-refractivity contribution in [2.45, 2.75) is 13.8 Å². The fraction of sp³-hybridized carbons (Fsp3) is 0.286. The third kappa shape index (κ3) is 4.88. The summed E-state index contributed by atoms with van der Waals surface area (Å²) in [7, 11) is 2.47. The number of benzene rings is 1. The van der Waals surface area contributed by atoms with Crippen LogP contribution in [0.1, 0.15) is 24.2 Å². The van der Waals surface area contributed by atoms with Gasteiger partial charge >= 0.3 is 11.9 Å². The van der Waals surface area contributed by atoms with Crippen LogP contribution in [0.25, 0.3) is 0 Å². The Kier molecular flexibility index (Phi) is 7.14. The molecule has 1 aromatic rings. The fourth-order valence-corrected chi connectivity index (χ4v) is 2.56. The molecule has 0 atom stereocenters. The molecule has 0 unspecified atom stereocenters. The van der Waals surface area contributed by atoms with Gasteiger partial charge in [0, 0.05) is 24.0 Å². The van der Waals surface area contributed by atoms with Crippen molar-refractivity contribution >= 4 is 23.5 Å². The molecule has 7 heteroatoms. The number of nitrogens with one attached hydrogen (secondary N) is 1. The molecule has 7 nitrogen and oxygen atoms in total. The molecule has 1 heterocycles. The lowest BCUT2D eigenvalue weighted by molar-refractivity contribution is -0.139. The first-order valence-electron chi connectivity index (χ1n) is 8.82. The van der Waals surface area contributed by atoms with Crippen LogP contribution >= 0.6 is 0 Å². The lowest BCUT2D eigenvalue weighted by atomic mass is 10.1. The van der Waals surface area contributed by atoms with Crippen LogP contribution < -0.4 is 10.2 Å². The molecule has 1 aliphatic rings. The van der Waals surface area contributed by atoms with Crippen LogP contribution in [0.5, 0.6) is 0 Å². The highest BCUT2D eigenvalue weighted by atomic mass is 16.5. The summed E-state index contributed by atoms with van der Waals surface area (Å²) in [6, 6.07) is 6.76. The Labute approximate surface area is 164 Å². The summed E-state index contributed by atoms with van der Waals surface area (Å²) < 4.78 is 9.67. The van der Waals surface area contributed by atoms with E-state index in [9.17, 15) is 14.4 Å². The molecule has 0 spiro atoms. The summed E-state index contributed by atoms with van der Waals surface area (Å²) in [5, 5.41) is 2.86. The summed E-state index contributed by atoms with van der Waals surface area (Å²) in [4.78, 5) is 38.5. The van der Waals surface area contributed by atoms with Gasteiger partial charge in [0.25, 0.3) is 5.91 Å². The van der Waals surface area contributed by atoms with Crippen LogP contribution in [-0.4, -0.2) is 38.6 Å². The zero-order valence-corrected chi connectivity index (χ0v) is 16.4. The topological polar surface area (TPSA) is 84.9 Å². The number of rotatable bonds is 6. The minimum atomic E-state index is -0.703. The third-order valence-corrected chi connectivity index (χ3v) is 3.95. The van der Waals surface area contributed by atoms with Crippen LogP contribution in [0.3, 0.4) is 0 Å². The molecule has 28 heavy (non-hydrogen) atoms. The number of hydrogen-bond donors (Lipinski definition) is 1. The van der Waals surface area contributed by atoms with E-state index in [1.165, 1.54) is 25.2 Å². The van der Waals surface area contributed by atoms with Crippen LogP contribution in [0.15, 0.2) is 60.0 Å². The standard InChI is InChI=1S/C21H24N2O5/c1-14(2)13-22-19(24)15-8-7-9-16(12-15)23-11-6-5-10-17(20(25)27-3)18(23)21(26)28-4/h5-12,14H,13H2,1-4H3,(H,22,24). The normalized spacial score (nSPS) is 13.4. The fourth-order valence-electron chi connectivity index (χ4n) is 2.56. The average molecular weight is 384 g/mol. The molecule has 0 fully saturated rings. The molecule has 0 saturated heterocycles. The van der Waals surface area contributed by atoms with Gasteiger partial charge in [-0.2, -0.15) is 0 Å². The number of carbonyl (C=O) groups excluding carboxylic acids is 3. The van der Waals surface area contributed by atoms with Crippen LogP contribution in [-0.2, 0) is 19.1 Å². The van der Waals surface area contributed by atoms with E-state index < -0.39 is 11.9 Å². The monoisotopic (exact) mass is 384 g/mol. The maximum Gasteiger partial charge on any atom is 0.355 e. The van der Waals surface area contributed by atoms with Crippen molar-refractivity contribution in [1.29, 1.82) is 0 Å². The van der Waals surface area contributed by atoms with Gasteiger partial charge < -0.3 is 19.7 Å². The highest BCUT2D eigenvalue weighted by molar-refractivity contribution is 6.05. The Morgan fingerprint density at radius 2 is 1.79 bits per heavy atom. The number of anilines is 1. The van der Waals surface area contributed by atoms with E-state index in [-0.39, 0.29) is 17.2 Å². The summed E-state index contributed by atoms with van der Waals surface area (Å²) in [5.41, 5.74) is 1.01. The molecule has 0 radical (unpaired) electrons. The second kappa shape index (κ2) is 9.55. The lowest BCUT2D eigenvalue weighted by Gasteiger charge is -2.23. The first-order chi connectivity index (χ1) is 13.4. The smallest absolute Gasteiger partial charge is 0.355 e. The molecular formula is C21H24N2O5. The molecule has 1 aromatic carbocycles. The molecule has 0 bridgehead atoms. The van der Waals surface area contributed by atoms with Gasteiger partial charge in [-0.25, -0.2) is 9.59 Å². The predicted molar refractivity (Wildman–Crippen MR) is 105 cm³/mol. The quantitative estimate of drug-likeness (QED) is 0.759. The van der Waals surface area contributed by atoms with Crippen molar-refractivity contribution in [2.24, 2.45) is 5.92 Å². The Bertz CT molecular complexity index is 852. The summed E-state index contributed by atoms with van der Waals surface area (Å²) in [6.07, 6.45) is 6.39. The van der Waals surface area contributed by atoms with E-state index in [0.717, 1.165) is 0 Å². The molecule has 148 valence electrons. The Hall–Kier alpha value is -3.35. The van der Waals surface area contributed by atoms with E-state index in [2.05, 4.69) is 5.32 Å². The molecule has 2 rings (SSSR count). The van der Waals surface area contributed by atoms with Crippen molar-refractivity contribution in [3.05, 3.63) is 65.5 Å². The Morgan fingerprint density at radius 3 is 2.43 bits per heavy atom. The van der Waals surface area contributed by atoms with E-state index in [1.807, 2.05) is 13.8 Å². The van der Waals surface area contributed by atoms with Gasteiger partial charge in [-0.3, -0.25) is 4.79 Å². The Balaban J connectivity index is 2.49. The number of nitrogens with zero attached hydrogens (tertiary/aromatic N) is 1. The van der Waals surface area contributed by atoms with E-state index in [1.54, 1.807) is 42.6 Å². The number of esters is 2. The second-order valence-corrected chi connectivity index (χ2v) is 6.47. The number of allylic oxidation sites excluding steroid dienone is 2. The minimum absolute atomic E-state index is 0.000844. The van der Waals surface area contributed by atoms with Crippen molar-refractivity contribution < 1.29 is 23.9 Å². The lowest BCUT2D eigenvalue weighted by Crippen LogP contribution is -2.29. The number of methoxy groups -OCH3 is 2. The summed E-state index contributed by atoms with van der Waals surface area (Å²) in [5.74, 6) is -1.27. The van der Waals surface area contributed by atoms with Crippen LogP contribution in [0.4, 0.5) is 5.69 Å². The van der Waals surface area contributed by atoms with E-state index >= 15 is 0 Å². The summed E-state index contributed by atoms with van der Waals surface area (Å²) in [6.45, 7) is 4.57. The van der Waals surface area contributed by atoms with Gasteiger partial charge in [0.2, 0.25) is 0 Å². The molecule has 1 amide bonds. The molecule has 0 aromatic heterocycles. The third-order valence-electron chi connectivity index (χ3n) is 3.95.